The van der Waals surface area contributed by atoms with Crippen molar-refractivity contribution < 1.29 is 9.59 Å². The number of pyridine rings is 1. The van der Waals surface area contributed by atoms with Gasteiger partial charge in [-0.05, 0) is 31.9 Å². The molecule has 108 valence electrons. The monoisotopic (exact) mass is 276 g/mol. The van der Waals surface area contributed by atoms with Crippen LogP contribution in [0.15, 0.2) is 24.4 Å². The van der Waals surface area contributed by atoms with Gasteiger partial charge in [0.1, 0.15) is 0 Å². The molecule has 3 amide bonds. The first kappa shape index (κ1) is 14.3. The van der Waals surface area contributed by atoms with Crippen molar-refractivity contribution in [1.29, 1.82) is 0 Å². The molecule has 0 bridgehead atoms. The average molecular weight is 276 g/mol. The summed E-state index contributed by atoms with van der Waals surface area (Å²) in [5.74, 6) is -0.0379. The van der Waals surface area contributed by atoms with Crippen molar-refractivity contribution in [3.05, 3.63) is 30.1 Å². The van der Waals surface area contributed by atoms with E-state index in [1.165, 1.54) is 0 Å². The number of aromatic nitrogens is 1. The molecule has 0 saturated carbocycles. The van der Waals surface area contributed by atoms with Crippen LogP contribution in [0.3, 0.4) is 0 Å². The third-order valence-electron chi connectivity index (χ3n) is 3.67. The number of hydrogen-bond donors (Lipinski definition) is 2. The van der Waals surface area contributed by atoms with Gasteiger partial charge in [-0.1, -0.05) is 6.07 Å². The molecule has 0 unspecified atom stereocenters. The smallest absolute Gasteiger partial charge is 0.314 e. The molecular formula is C14H20N4O2. The largest absolute Gasteiger partial charge is 0.351 e. The van der Waals surface area contributed by atoms with E-state index in [9.17, 15) is 9.59 Å². The normalized spacial score (nSPS) is 17.6. The van der Waals surface area contributed by atoms with Gasteiger partial charge in [0.25, 0.3) is 0 Å². The van der Waals surface area contributed by atoms with Crippen LogP contribution in [0, 0.1) is 5.92 Å². The number of primary amides is 1. The molecule has 2 rings (SSSR count). The molecule has 1 aliphatic heterocycles. The fourth-order valence-electron chi connectivity index (χ4n) is 2.40. The highest BCUT2D eigenvalue weighted by molar-refractivity contribution is 5.79. The first-order chi connectivity index (χ1) is 9.58. The van der Waals surface area contributed by atoms with Gasteiger partial charge in [0.05, 0.1) is 11.7 Å². The second-order valence-electron chi connectivity index (χ2n) is 5.08. The number of nitrogens with one attached hydrogen (secondary N) is 1. The maximum atomic E-state index is 12.2. The lowest BCUT2D eigenvalue weighted by atomic mass is 9.95. The van der Waals surface area contributed by atoms with Crippen molar-refractivity contribution in [2.45, 2.75) is 25.8 Å². The van der Waals surface area contributed by atoms with E-state index >= 15 is 0 Å². The number of carbonyl (C=O) groups excluding carboxylic acids is 2. The van der Waals surface area contributed by atoms with E-state index in [4.69, 9.17) is 5.73 Å². The van der Waals surface area contributed by atoms with Crippen LogP contribution in [-0.4, -0.2) is 34.9 Å². The third-order valence-corrected chi connectivity index (χ3v) is 3.67. The van der Waals surface area contributed by atoms with Gasteiger partial charge in [-0.3, -0.25) is 9.78 Å². The summed E-state index contributed by atoms with van der Waals surface area (Å²) in [5, 5.41) is 2.97. The van der Waals surface area contributed by atoms with E-state index in [-0.39, 0.29) is 17.9 Å². The van der Waals surface area contributed by atoms with Crippen molar-refractivity contribution in [1.82, 2.24) is 15.2 Å². The van der Waals surface area contributed by atoms with E-state index in [0.717, 1.165) is 5.69 Å². The minimum absolute atomic E-state index is 0.0206. The van der Waals surface area contributed by atoms with E-state index < -0.39 is 6.03 Å². The Balaban J connectivity index is 1.85. The number of piperidine rings is 1. The summed E-state index contributed by atoms with van der Waals surface area (Å²) in [5.41, 5.74) is 6.07. The zero-order valence-electron chi connectivity index (χ0n) is 11.6. The van der Waals surface area contributed by atoms with Crippen LogP contribution in [0.1, 0.15) is 31.5 Å². The first-order valence-corrected chi connectivity index (χ1v) is 6.83. The standard InChI is InChI=1S/C14H20N4O2/c1-10(12-4-2-3-7-16-12)17-13(19)11-5-8-18(9-6-11)14(15)20/h2-4,7,10-11H,5-6,8-9H2,1H3,(H2,15,20)(H,17,19)/t10-/m0/s1. The van der Waals surface area contributed by atoms with E-state index in [1.54, 1.807) is 11.1 Å². The number of hydrogen-bond acceptors (Lipinski definition) is 3. The van der Waals surface area contributed by atoms with Crippen LogP contribution in [-0.2, 0) is 4.79 Å². The molecule has 6 heteroatoms. The lowest BCUT2D eigenvalue weighted by Crippen LogP contribution is -2.45. The van der Waals surface area contributed by atoms with Crippen LogP contribution in [0.4, 0.5) is 4.79 Å². The summed E-state index contributed by atoms with van der Waals surface area (Å²) in [6, 6.07) is 5.11. The summed E-state index contributed by atoms with van der Waals surface area (Å²) in [7, 11) is 0. The molecule has 3 N–H and O–H groups in total. The van der Waals surface area contributed by atoms with Crippen molar-refractivity contribution in [2.75, 3.05) is 13.1 Å². The molecular weight excluding hydrogens is 256 g/mol. The first-order valence-electron chi connectivity index (χ1n) is 6.83. The molecule has 1 aromatic heterocycles. The van der Waals surface area contributed by atoms with Gasteiger partial charge in [-0.15, -0.1) is 0 Å². The summed E-state index contributed by atoms with van der Waals surface area (Å²) in [4.78, 5) is 29.0. The second kappa shape index (κ2) is 6.36. The molecule has 0 radical (unpaired) electrons. The van der Waals surface area contributed by atoms with Gasteiger partial charge in [-0.2, -0.15) is 0 Å². The van der Waals surface area contributed by atoms with Gasteiger partial charge in [0.2, 0.25) is 5.91 Å². The summed E-state index contributed by atoms with van der Waals surface area (Å²) >= 11 is 0. The maximum absolute atomic E-state index is 12.2. The molecule has 0 spiro atoms. The van der Waals surface area contributed by atoms with Gasteiger partial charge in [0.15, 0.2) is 0 Å². The second-order valence-corrected chi connectivity index (χ2v) is 5.08. The SMILES string of the molecule is C[C@H](NC(=O)C1CCN(C(N)=O)CC1)c1ccccn1. The number of likely N-dealkylation sites (tertiary alicyclic amines) is 1. The van der Waals surface area contributed by atoms with E-state index in [0.29, 0.717) is 25.9 Å². The third kappa shape index (κ3) is 3.46. The molecule has 1 fully saturated rings. The Morgan fingerprint density at radius 3 is 2.65 bits per heavy atom. The Morgan fingerprint density at radius 1 is 1.40 bits per heavy atom. The Kier molecular flexibility index (Phi) is 4.55. The quantitative estimate of drug-likeness (QED) is 0.864. The number of rotatable bonds is 3. The molecule has 0 aromatic carbocycles. The molecule has 1 aliphatic rings. The van der Waals surface area contributed by atoms with Gasteiger partial charge in [0, 0.05) is 25.2 Å². The lowest BCUT2D eigenvalue weighted by molar-refractivity contribution is -0.126. The predicted octanol–water partition coefficient (Wildman–Crippen LogP) is 1.05. The number of carbonyl (C=O) groups is 2. The Labute approximate surface area is 118 Å². The molecule has 1 aromatic rings. The van der Waals surface area contributed by atoms with Crippen molar-refractivity contribution in [3.63, 3.8) is 0 Å². The number of amides is 3. The average Bonchev–Trinajstić information content (AvgIpc) is 2.48. The van der Waals surface area contributed by atoms with E-state index in [1.807, 2.05) is 25.1 Å². The number of urea groups is 1. The zero-order chi connectivity index (χ0) is 14.5. The Morgan fingerprint density at radius 2 is 2.10 bits per heavy atom. The summed E-state index contributed by atoms with van der Waals surface area (Å²) in [6.07, 6.45) is 3.02. The number of nitrogens with zero attached hydrogens (tertiary/aromatic N) is 2. The zero-order valence-corrected chi connectivity index (χ0v) is 11.6. The molecule has 0 aliphatic carbocycles. The highest BCUT2D eigenvalue weighted by Gasteiger charge is 2.27. The van der Waals surface area contributed by atoms with Crippen molar-refractivity contribution in [3.8, 4) is 0 Å². The molecule has 2 heterocycles. The lowest BCUT2D eigenvalue weighted by Gasteiger charge is -2.30. The highest BCUT2D eigenvalue weighted by atomic mass is 16.2. The fraction of sp³-hybridized carbons (Fsp3) is 0.500. The molecule has 6 nitrogen and oxygen atoms in total. The Hall–Kier alpha value is -2.11. The number of nitrogens with two attached hydrogens (primary N) is 1. The van der Waals surface area contributed by atoms with Gasteiger partial charge < -0.3 is 16.0 Å². The minimum atomic E-state index is -0.411. The highest BCUT2D eigenvalue weighted by Crippen LogP contribution is 2.18. The van der Waals surface area contributed by atoms with Crippen molar-refractivity contribution >= 4 is 11.9 Å². The van der Waals surface area contributed by atoms with Crippen LogP contribution < -0.4 is 11.1 Å². The summed E-state index contributed by atoms with van der Waals surface area (Å²) in [6.45, 7) is 3.01. The molecule has 20 heavy (non-hydrogen) atoms. The van der Waals surface area contributed by atoms with Gasteiger partial charge in [-0.25, -0.2) is 4.79 Å². The summed E-state index contributed by atoms with van der Waals surface area (Å²) < 4.78 is 0. The van der Waals surface area contributed by atoms with Crippen LogP contribution >= 0.6 is 0 Å². The van der Waals surface area contributed by atoms with E-state index in [2.05, 4.69) is 10.3 Å². The van der Waals surface area contributed by atoms with Crippen molar-refractivity contribution in [2.24, 2.45) is 11.7 Å². The van der Waals surface area contributed by atoms with Crippen LogP contribution in [0.25, 0.3) is 0 Å². The predicted molar refractivity (Wildman–Crippen MR) is 74.7 cm³/mol. The Bertz CT molecular complexity index is 469. The fourth-order valence-corrected chi connectivity index (χ4v) is 2.40. The minimum Gasteiger partial charge on any atom is -0.351 e. The van der Waals surface area contributed by atoms with Crippen LogP contribution in [0.5, 0.6) is 0 Å². The van der Waals surface area contributed by atoms with Crippen LogP contribution in [0.2, 0.25) is 0 Å². The topological polar surface area (TPSA) is 88.3 Å². The maximum Gasteiger partial charge on any atom is 0.314 e. The molecule has 1 atom stereocenters. The van der Waals surface area contributed by atoms with Gasteiger partial charge >= 0.3 is 6.03 Å². The molecule has 1 saturated heterocycles.